The first-order chi connectivity index (χ1) is 8.54. The van der Waals surface area contributed by atoms with Crippen LogP contribution in [0.1, 0.15) is 10.4 Å². The highest BCUT2D eigenvalue weighted by Gasteiger charge is 2.12. The highest BCUT2D eigenvalue weighted by Crippen LogP contribution is 2.26. The van der Waals surface area contributed by atoms with Crippen LogP contribution in [0.4, 0.5) is 0 Å². The Bertz CT molecular complexity index is 430. The minimum atomic E-state index is -1.19. The number of ether oxygens (including phenoxy) is 2. The van der Waals surface area contributed by atoms with E-state index in [2.05, 4.69) is 0 Å². The van der Waals surface area contributed by atoms with Gasteiger partial charge in [-0.1, -0.05) is 6.07 Å². The molecule has 0 aromatic heterocycles. The van der Waals surface area contributed by atoms with Crippen LogP contribution in [0.3, 0.4) is 0 Å². The number of carbonyl (C=O) groups is 3. The van der Waals surface area contributed by atoms with E-state index >= 15 is 0 Å². The van der Waals surface area contributed by atoms with Crippen LogP contribution in [-0.2, 0) is 9.59 Å². The second-order valence-electron chi connectivity index (χ2n) is 3.15. The lowest BCUT2D eigenvalue weighted by Gasteiger charge is -2.10. The van der Waals surface area contributed by atoms with Crippen molar-refractivity contribution in [1.82, 2.24) is 0 Å². The molecule has 0 aliphatic heterocycles. The van der Waals surface area contributed by atoms with E-state index in [1.807, 2.05) is 0 Å². The van der Waals surface area contributed by atoms with Crippen LogP contribution in [-0.4, -0.2) is 41.7 Å². The van der Waals surface area contributed by atoms with Crippen LogP contribution in [0, 0.1) is 0 Å². The fourth-order valence-electron chi connectivity index (χ4n) is 1.17. The number of aliphatic carboxylic acids is 2. The molecule has 7 nitrogen and oxygen atoms in total. The van der Waals surface area contributed by atoms with Gasteiger partial charge in [0, 0.05) is 0 Å². The Kier molecular flexibility index (Phi) is 4.67. The summed E-state index contributed by atoms with van der Waals surface area (Å²) in [5.41, 5.74) is -0.0278. The molecular weight excluding hydrogens is 244 g/mol. The molecule has 0 unspecified atom stereocenters. The Balaban J connectivity index is 2.90. The first-order valence-corrected chi connectivity index (χ1v) is 4.82. The highest BCUT2D eigenvalue weighted by atomic mass is 16.5. The Labute approximate surface area is 102 Å². The summed E-state index contributed by atoms with van der Waals surface area (Å²) in [5, 5.41) is 16.9. The van der Waals surface area contributed by atoms with Gasteiger partial charge >= 0.3 is 11.9 Å². The van der Waals surface area contributed by atoms with Crippen molar-refractivity contribution in [2.45, 2.75) is 0 Å². The molecule has 0 aliphatic carbocycles. The summed E-state index contributed by atoms with van der Waals surface area (Å²) in [6.45, 7) is -1.22. The molecular formula is C11H10O7. The van der Waals surface area contributed by atoms with Gasteiger partial charge in [0.2, 0.25) is 0 Å². The number of carbonyl (C=O) groups excluding carboxylic acids is 1. The second-order valence-corrected chi connectivity index (χ2v) is 3.15. The average molecular weight is 254 g/mol. The molecule has 1 aromatic carbocycles. The topological polar surface area (TPSA) is 110 Å². The molecule has 18 heavy (non-hydrogen) atoms. The van der Waals surface area contributed by atoms with Crippen LogP contribution >= 0.6 is 0 Å². The smallest absolute Gasteiger partial charge is 0.341 e. The maximum Gasteiger partial charge on any atom is 0.341 e. The largest absolute Gasteiger partial charge is 0.481 e. The standard InChI is InChI=1S/C11H10O7/c12-4-7-8(17-5-10(13)14)2-1-3-9(7)18-6-11(15)16/h1-4H,5-6H2,(H,13,14)(H,15,16). The molecule has 0 saturated heterocycles. The molecule has 0 spiro atoms. The third kappa shape index (κ3) is 3.78. The number of aldehydes is 1. The maximum absolute atomic E-state index is 10.9. The normalized spacial score (nSPS) is 9.56. The van der Waals surface area contributed by atoms with Gasteiger partial charge in [-0.3, -0.25) is 4.79 Å². The number of hydrogen-bond acceptors (Lipinski definition) is 5. The van der Waals surface area contributed by atoms with Gasteiger partial charge in [-0.2, -0.15) is 0 Å². The summed E-state index contributed by atoms with van der Waals surface area (Å²) in [4.78, 5) is 31.6. The molecule has 0 heterocycles. The van der Waals surface area contributed by atoms with Crippen molar-refractivity contribution < 1.29 is 34.1 Å². The molecule has 0 aliphatic rings. The van der Waals surface area contributed by atoms with E-state index < -0.39 is 25.2 Å². The Morgan fingerprint density at radius 1 is 1.06 bits per heavy atom. The first-order valence-electron chi connectivity index (χ1n) is 4.82. The van der Waals surface area contributed by atoms with E-state index in [1.54, 1.807) is 0 Å². The molecule has 1 rings (SSSR count). The van der Waals surface area contributed by atoms with Crippen LogP contribution in [0.2, 0.25) is 0 Å². The molecule has 1 aromatic rings. The third-order valence-electron chi connectivity index (χ3n) is 1.85. The lowest BCUT2D eigenvalue weighted by Crippen LogP contribution is -2.13. The summed E-state index contributed by atoms with van der Waals surface area (Å²) >= 11 is 0. The van der Waals surface area contributed by atoms with Gasteiger partial charge in [-0.15, -0.1) is 0 Å². The van der Waals surface area contributed by atoms with Crippen molar-refractivity contribution in [2.24, 2.45) is 0 Å². The first kappa shape index (κ1) is 13.5. The summed E-state index contributed by atoms with van der Waals surface area (Å²) in [7, 11) is 0. The summed E-state index contributed by atoms with van der Waals surface area (Å²) in [5.74, 6) is -2.34. The van der Waals surface area contributed by atoms with Gasteiger partial charge in [0.15, 0.2) is 19.5 Å². The lowest BCUT2D eigenvalue weighted by molar-refractivity contribution is -0.140. The van der Waals surface area contributed by atoms with E-state index in [4.69, 9.17) is 19.7 Å². The van der Waals surface area contributed by atoms with Crippen LogP contribution < -0.4 is 9.47 Å². The van der Waals surface area contributed by atoms with Crippen LogP contribution in [0.15, 0.2) is 18.2 Å². The average Bonchev–Trinajstić information content (AvgIpc) is 2.33. The zero-order valence-corrected chi connectivity index (χ0v) is 9.16. The molecule has 0 amide bonds. The molecule has 0 atom stereocenters. The van der Waals surface area contributed by atoms with Crippen molar-refractivity contribution in [3.05, 3.63) is 23.8 Å². The molecule has 0 fully saturated rings. The zero-order chi connectivity index (χ0) is 13.5. The van der Waals surface area contributed by atoms with Crippen molar-refractivity contribution >= 4 is 18.2 Å². The predicted octanol–water partition coefficient (Wildman–Crippen LogP) is 0.426. The number of benzene rings is 1. The monoisotopic (exact) mass is 254 g/mol. The number of carboxylic acid groups (broad SMARTS) is 2. The number of rotatable bonds is 7. The molecule has 0 radical (unpaired) electrons. The van der Waals surface area contributed by atoms with E-state index in [0.717, 1.165) is 0 Å². The van der Waals surface area contributed by atoms with Crippen molar-refractivity contribution in [3.8, 4) is 11.5 Å². The summed E-state index contributed by atoms with van der Waals surface area (Å²) in [6.07, 6.45) is 0.411. The van der Waals surface area contributed by atoms with Crippen LogP contribution in [0.5, 0.6) is 11.5 Å². The van der Waals surface area contributed by atoms with Gasteiger partial charge in [-0.25, -0.2) is 9.59 Å². The number of carboxylic acids is 2. The molecule has 0 bridgehead atoms. The van der Waals surface area contributed by atoms with E-state index in [1.165, 1.54) is 18.2 Å². The fraction of sp³-hybridized carbons (Fsp3) is 0.182. The van der Waals surface area contributed by atoms with Crippen molar-refractivity contribution in [3.63, 3.8) is 0 Å². The third-order valence-corrected chi connectivity index (χ3v) is 1.85. The SMILES string of the molecule is O=Cc1c(OCC(=O)O)cccc1OCC(=O)O. The van der Waals surface area contributed by atoms with E-state index in [-0.39, 0.29) is 17.1 Å². The second kappa shape index (κ2) is 6.24. The Morgan fingerprint density at radius 3 is 1.83 bits per heavy atom. The minimum absolute atomic E-state index is 0.0234. The van der Waals surface area contributed by atoms with Gasteiger partial charge < -0.3 is 19.7 Å². The van der Waals surface area contributed by atoms with Gasteiger partial charge in [-0.05, 0) is 12.1 Å². The molecule has 7 heteroatoms. The summed E-state index contributed by atoms with van der Waals surface area (Å²) < 4.78 is 9.76. The molecule has 96 valence electrons. The van der Waals surface area contributed by atoms with Gasteiger partial charge in [0.1, 0.15) is 11.5 Å². The Hall–Kier alpha value is -2.57. The zero-order valence-electron chi connectivity index (χ0n) is 9.16. The fourth-order valence-corrected chi connectivity index (χ4v) is 1.17. The highest BCUT2D eigenvalue weighted by molar-refractivity contribution is 5.84. The van der Waals surface area contributed by atoms with Gasteiger partial charge in [0.05, 0.1) is 5.56 Å². The quantitative estimate of drug-likeness (QED) is 0.678. The van der Waals surface area contributed by atoms with Crippen molar-refractivity contribution in [2.75, 3.05) is 13.2 Å². The Morgan fingerprint density at radius 2 is 1.50 bits per heavy atom. The van der Waals surface area contributed by atoms with Crippen molar-refractivity contribution in [1.29, 1.82) is 0 Å². The lowest BCUT2D eigenvalue weighted by atomic mass is 10.2. The minimum Gasteiger partial charge on any atom is -0.481 e. The summed E-state index contributed by atoms with van der Waals surface area (Å²) in [6, 6.07) is 4.24. The van der Waals surface area contributed by atoms with E-state index in [0.29, 0.717) is 6.29 Å². The van der Waals surface area contributed by atoms with Crippen LogP contribution in [0.25, 0.3) is 0 Å². The molecule has 0 saturated carbocycles. The van der Waals surface area contributed by atoms with Gasteiger partial charge in [0.25, 0.3) is 0 Å². The number of hydrogen-bond donors (Lipinski definition) is 2. The predicted molar refractivity (Wildman–Crippen MR) is 58.1 cm³/mol. The van der Waals surface area contributed by atoms with E-state index in [9.17, 15) is 14.4 Å². The maximum atomic E-state index is 10.9. The molecule has 2 N–H and O–H groups in total.